The van der Waals surface area contributed by atoms with Crippen LogP contribution in [0.4, 0.5) is 17.1 Å². The molecule has 8 aromatic rings. The molecule has 3 atom stereocenters. The van der Waals surface area contributed by atoms with Gasteiger partial charge < -0.3 is 10.6 Å². The average molecular weight is 771 g/mol. The molecule has 8 aromatic carbocycles. The zero-order valence-corrected chi connectivity index (χ0v) is 33.8. The van der Waals surface area contributed by atoms with Crippen molar-refractivity contribution < 1.29 is 0 Å². The van der Waals surface area contributed by atoms with Gasteiger partial charge in [-0.2, -0.15) is 0 Å². The minimum atomic E-state index is 0.0209. The van der Waals surface area contributed by atoms with Gasteiger partial charge in [-0.25, -0.2) is 0 Å². The van der Waals surface area contributed by atoms with Gasteiger partial charge in [-0.05, 0) is 139 Å². The molecule has 0 spiro atoms. The lowest BCUT2D eigenvalue weighted by Gasteiger charge is -2.33. The third kappa shape index (κ3) is 6.06. The Labute approximate surface area is 352 Å². The maximum atomic E-state index is 6.12. The van der Waals surface area contributed by atoms with E-state index in [1.165, 1.54) is 76.9 Å². The van der Waals surface area contributed by atoms with Crippen LogP contribution in [0.15, 0.2) is 212 Å². The maximum Gasteiger partial charge on any atom is 0.0462 e. The maximum absolute atomic E-state index is 6.12. The molecule has 0 bridgehead atoms. The summed E-state index contributed by atoms with van der Waals surface area (Å²) in [5.74, 6) is 0.462. The van der Waals surface area contributed by atoms with Gasteiger partial charge in [0.1, 0.15) is 0 Å². The van der Waals surface area contributed by atoms with E-state index < -0.39 is 0 Å². The molecule has 0 heterocycles. The SMILES string of the molecule is CC(N)c1ccc(-c2ccc(N(c3ccccc3)c3ccc(-c4ccc5c6c(cccc46)C4C(C6=CC=CCC6)=c6ccccc6=C(c6ccccc6)C54)cc3)cc2)cc1. The van der Waals surface area contributed by atoms with Crippen molar-refractivity contribution >= 4 is 39.0 Å². The third-order valence-electron chi connectivity index (χ3n) is 13.0. The fraction of sp³-hybridized carbons (Fsp3) is 0.103. The minimum Gasteiger partial charge on any atom is -0.324 e. The Kier molecular flexibility index (Phi) is 9.02. The first kappa shape index (κ1) is 36.1. The fourth-order valence-electron chi connectivity index (χ4n) is 10.3. The molecule has 0 aromatic heterocycles. The summed E-state index contributed by atoms with van der Waals surface area (Å²) >= 11 is 0. The lowest BCUT2D eigenvalue weighted by molar-refractivity contribution is 0.779. The van der Waals surface area contributed by atoms with Crippen LogP contribution in [-0.2, 0) is 0 Å². The van der Waals surface area contributed by atoms with Crippen molar-refractivity contribution in [1.82, 2.24) is 0 Å². The number of rotatable bonds is 8. The van der Waals surface area contributed by atoms with E-state index in [2.05, 4.69) is 211 Å². The van der Waals surface area contributed by atoms with Crippen LogP contribution in [0.2, 0.25) is 0 Å². The Bertz CT molecular complexity index is 3080. The molecule has 3 aliphatic carbocycles. The summed E-state index contributed by atoms with van der Waals surface area (Å²) in [5, 5.41) is 5.49. The van der Waals surface area contributed by atoms with Gasteiger partial charge in [-0.3, -0.25) is 0 Å². The van der Waals surface area contributed by atoms with Gasteiger partial charge in [-0.15, -0.1) is 0 Å². The summed E-state index contributed by atoms with van der Waals surface area (Å²) in [6.45, 7) is 2.02. The van der Waals surface area contributed by atoms with Gasteiger partial charge in [0.15, 0.2) is 0 Å². The van der Waals surface area contributed by atoms with E-state index in [9.17, 15) is 0 Å². The molecule has 2 nitrogen and oxygen atoms in total. The number of hydrogen-bond acceptors (Lipinski definition) is 2. The molecule has 3 aliphatic rings. The number of para-hydroxylation sites is 1. The van der Waals surface area contributed by atoms with Crippen LogP contribution in [0.5, 0.6) is 0 Å². The van der Waals surface area contributed by atoms with Crippen LogP contribution >= 0.6 is 0 Å². The van der Waals surface area contributed by atoms with E-state index >= 15 is 0 Å². The monoisotopic (exact) mass is 770 g/mol. The highest BCUT2D eigenvalue weighted by Crippen LogP contribution is 2.58. The Hall–Kier alpha value is -7.00. The van der Waals surface area contributed by atoms with Crippen LogP contribution < -0.4 is 21.1 Å². The number of hydrogen-bond donors (Lipinski definition) is 1. The molecule has 0 saturated heterocycles. The molecule has 3 unspecified atom stereocenters. The second kappa shape index (κ2) is 15.0. The van der Waals surface area contributed by atoms with Gasteiger partial charge in [0.25, 0.3) is 0 Å². The Balaban J connectivity index is 1.01. The van der Waals surface area contributed by atoms with Crippen molar-refractivity contribution in [3.05, 3.63) is 245 Å². The Morgan fingerprint density at radius 3 is 1.72 bits per heavy atom. The number of nitrogens with two attached hydrogens (primary N) is 1. The number of allylic oxidation sites excluding steroid dienone is 4. The Morgan fingerprint density at radius 1 is 0.500 bits per heavy atom. The zero-order chi connectivity index (χ0) is 40.2. The van der Waals surface area contributed by atoms with E-state index in [1.54, 1.807) is 0 Å². The molecule has 11 rings (SSSR count). The Morgan fingerprint density at radius 2 is 1.07 bits per heavy atom. The minimum absolute atomic E-state index is 0.0209. The topological polar surface area (TPSA) is 29.3 Å². The van der Waals surface area contributed by atoms with E-state index in [0.29, 0.717) is 0 Å². The normalized spacial score (nSPS) is 16.9. The number of benzene rings is 8. The number of fused-ring (bicyclic) bond motifs is 4. The molecule has 0 saturated carbocycles. The summed E-state index contributed by atoms with van der Waals surface area (Å²) in [5.41, 5.74) is 24.1. The van der Waals surface area contributed by atoms with Crippen molar-refractivity contribution in [1.29, 1.82) is 0 Å². The van der Waals surface area contributed by atoms with Gasteiger partial charge in [0.2, 0.25) is 0 Å². The third-order valence-corrected chi connectivity index (χ3v) is 13.0. The number of anilines is 3. The van der Waals surface area contributed by atoms with Crippen molar-refractivity contribution in [2.75, 3.05) is 4.90 Å². The van der Waals surface area contributed by atoms with Gasteiger partial charge in [0, 0.05) is 34.9 Å². The lowest BCUT2D eigenvalue weighted by Crippen LogP contribution is -2.38. The second-order valence-corrected chi connectivity index (χ2v) is 16.5. The smallest absolute Gasteiger partial charge is 0.0462 e. The molecule has 288 valence electrons. The van der Waals surface area contributed by atoms with E-state index in [-0.39, 0.29) is 17.9 Å². The van der Waals surface area contributed by atoms with E-state index in [4.69, 9.17) is 5.73 Å². The van der Waals surface area contributed by atoms with Crippen molar-refractivity contribution in [3.63, 3.8) is 0 Å². The van der Waals surface area contributed by atoms with Crippen LogP contribution in [-0.4, -0.2) is 0 Å². The average Bonchev–Trinajstić information content (AvgIpc) is 3.64. The molecule has 2 heteroatoms. The molecular formula is C58H46N2. The first-order valence-electron chi connectivity index (χ1n) is 21.3. The molecule has 60 heavy (non-hydrogen) atoms. The molecule has 0 aliphatic heterocycles. The predicted octanol–water partition coefficient (Wildman–Crippen LogP) is 13.2. The quantitative estimate of drug-likeness (QED) is 0.167. The first-order valence-corrected chi connectivity index (χ1v) is 21.3. The summed E-state index contributed by atoms with van der Waals surface area (Å²) in [7, 11) is 0. The molecular weight excluding hydrogens is 725 g/mol. The second-order valence-electron chi connectivity index (χ2n) is 16.5. The highest BCUT2D eigenvalue weighted by molar-refractivity contribution is 6.06. The highest BCUT2D eigenvalue weighted by Gasteiger charge is 2.42. The van der Waals surface area contributed by atoms with Crippen molar-refractivity contribution in [3.8, 4) is 22.3 Å². The van der Waals surface area contributed by atoms with Crippen LogP contribution in [0, 0.1) is 0 Å². The first-order chi connectivity index (χ1) is 29.6. The molecule has 0 fully saturated rings. The van der Waals surface area contributed by atoms with E-state index in [0.717, 1.165) is 35.5 Å². The summed E-state index contributed by atoms with van der Waals surface area (Å²) in [4.78, 5) is 2.34. The molecule has 0 amide bonds. The van der Waals surface area contributed by atoms with Crippen LogP contribution in [0.1, 0.15) is 59.9 Å². The van der Waals surface area contributed by atoms with Crippen molar-refractivity contribution in [2.24, 2.45) is 5.73 Å². The number of nitrogens with zero attached hydrogens (tertiary/aromatic N) is 1. The standard InChI is InChI=1S/C58H46N2/c1-38(59)39-24-26-40(27-25-39)41-28-32-46(33-29-41)60(45-18-9-4-10-19-45)47-34-30-42(31-35-47)48-36-37-53-56-49(48)22-13-23-52(56)57-54(43-14-5-2-6-15-43)50-20-11-12-21-51(50)55(58(53)57)44-16-7-3-8-17-44/h2-5,7-14,16-38,57-58H,6,15,59H2,1H3. The van der Waals surface area contributed by atoms with E-state index in [1.807, 2.05) is 6.92 Å². The van der Waals surface area contributed by atoms with Crippen LogP contribution in [0.25, 0.3) is 44.2 Å². The summed E-state index contributed by atoms with van der Waals surface area (Å²) < 4.78 is 0. The molecule has 2 N–H and O–H groups in total. The summed E-state index contributed by atoms with van der Waals surface area (Å²) in [6.07, 6.45) is 9.10. The van der Waals surface area contributed by atoms with Gasteiger partial charge in [-0.1, -0.05) is 170 Å². The fourth-order valence-corrected chi connectivity index (χ4v) is 10.3. The predicted molar refractivity (Wildman–Crippen MR) is 252 cm³/mol. The lowest BCUT2D eigenvalue weighted by atomic mass is 9.69. The van der Waals surface area contributed by atoms with Gasteiger partial charge in [0.05, 0.1) is 0 Å². The highest BCUT2D eigenvalue weighted by atomic mass is 15.1. The molecule has 0 radical (unpaired) electrons. The van der Waals surface area contributed by atoms with Crippen LogP contribution in [0.3, 0.4) is 0 Å². The largest absolute Gasteiger partial charge is 0.324 e. The zero-order valence-electron chi connectivity index (χ0n) is 33.8. The van der Waals surface area contributed by atoms with Gasteiger partial charge >= 0.3 is 0 Å². The summed E-state index contributed by atoms with van der Waals surface area (Å²) in [6, 6.07) is 69.5. The van der Waals surface area contributed by atoms with Crippen molar-refractivity contribution in [2.45, 2.75) is 37.6 Å².